The number of aromatic amines is 1. The maximum Gasteiger partial charge on any atom is 0.356 e. The van der Waals surface area contributed by atoms with E-state index in [2.05, 4.69) is 10.3 Å². The van der Waals surface area contributed by atoms with Gasteiger partial charge >= 0.3 is 5.97 Å². The largest absolute Gasteiger partial charge is 0.493 e. The molecule has 2 aromatic rings. The molecule has 0 bridgehead atoms. The van der Waals surface area contributed by atoms with Gasteiger partial charge in [0.05, 0.1) is 32.5 Å². The highest BCUT2D eigenvalue weighted by Gasteiger charge is 2.22. The van der Waals surface area contributed by atoms with Crippen LogP contribution >= 0.6 is 0 Å². The van der Waals surface area contributed by atoms with Crippen molar-refractivity contribution in [1.29, 1.82) is 0 Å². The fraction of sp³-hybridized carbons (Fsp3) is 0.375. The number of carbonyl (C=O) groups excluding carboxylic acids is 2. The third-order valence-corrected chi connectivity index (χ3v) is 3.43. The van der Waals surface area contributed by atoms with Crippen LogP contribution < -0.4 is 14.8 Å². The van der Waals surface area contributed by atoms with Gasteiger partial charge in [-0.25, -0.2) is 4.79 Å². The van der Waals surface area contributed by atoms with E-state index in [4.69, 9.17) is 14.2 Å². The van der Waals surface area contributed by atoms with Crippen molar-refractivity contribution in [2.75, 3.05) is 26.6 Å². The van der Waals surface area contributed by atoms with Gasteiger partial charge in [-0.05, 0) is 12.5 Å². The molecule has 0 unspecified atom stereocenters. The summed E-state index contributed by atoms with van der Waals surface area (Å²) in [5.74, 6) is 0.282. The minimum absolute atomic E-state index is 0.173. The molecular weight excluding hydrogens is 300 g/mol. The fourth-order valence-corrected chi connectivity index (χ4v) is 2.34. The zero-order chi connectivity index (χ0) is 17.0. The van der Waals surface area contributed by atoms with E-state index in [0.717, 1.165) is 0 Å². The molecule has 0 radical (unpaired) electrons. The van der Waals surface area contributed by atoms with E-state index in [1.807, 2.05) is 6.92 Å². The Morgan fingerprint density at radius 2 is 1.78 bits per heavy atom. The molecule has 0 aliphatic rings. The third kappa shape index (κ3) is 3.23. The van der Waals surface area contributed by atoms with Crippen molar-refractivity contribution in [2.24, 2.45) is 0 Å². The number of ether oxygens (including phenoxy) is 3. The smallest absolute Gasteiger partial charge is 0.356 e. The first-order valence-corrected chi connectivity index (χ1v) is 7.21. The first-order valence-electron chi connectivity index (χ1n) is 7.21. The number of carbonyl (C=O) groups is 2. The van der Waals surface area contributed by atoms with E-state index in [9.17, 15) is 9.59 Å². The number of amides is 1. The van der Waals surface area contributed by atoms with Gasteiger partial charge in [0, 0.05) is 17.9 Å². The first kappa shape index (κ1) is 16.7. The molecule has 0 aliphatic carbocycles. The zero-order valence-corrected chi connectivity index (χ0v) is 13.6. The van der Waals surface area contributed by atoms with Gasteiger partial charge in [-0.3, -0.25) is 4.79 Å². The lowest BCUT2D eigenvalue weighted by molar-refractivity contribution is -0.116. The van der Waals surface area contributed by atoms with E-state index in [0.29, 0.717) is 40.9 Å². The summed E-state index contributed by atoms with van der Waals surface area (Å²) in [6.45, 7) is 1.91. The molecule has 0 saturated heterocycles. The lowest BCUT2D eigenvalue weighted by Gasteiger charge is -2.09. The van der Waals surface area contributed by atoms with Gasteiger partial charge in [0.15, 0.2) is 11.5 Å². The lowest BCUT2D eigenvalue weighted by atomic mass is 10.2. The van der Waals surface area contributed by atoms with E-state index < -0.39 is 5.97 Å². The van der Waals surface area contributed by atoms with Crippen molar-refractivity contribution in [3.8, 4) is 11.5 Å². The summed E-state index contributed by atoms with van der Waals surface area (Å²) in [5.41, 5.74) is 1.20. The fourth-order valence-electron chi connectivity index (χ4n) is 2.34. The number of fused-ring (bicyclic) bond motifs is 1. The average Bonchev–Trinajstić information content (AvgIpc) is 2.90. The molecule has 1 aromatic carbocycles. The molecule has 2 N–H and O–H groups in total. The summed E-state index contributed by atoms with van der Waals surface area (Å²) in [6, 6.07) is 3.41. The summed E-state index contributed by atoms with van der Waals surface area (Å²) in [5, 5.41) is 3.42. The van der Waals surface area contributed by atoms with Gasteiger partial charge in [0.25, 0.3) is 0 Å². The Labute approximate surface area is 133 Å². The van der Waals surface area contributed by atoms with E-state index in [1.54, 1.807) is 12.1 Å². The Hall–Kier alpha value is -2.70. The highest BCUT2D eigenvalue weighted by atomic mass is 16.5. The summed E-state index contributed by atoms with van der Waals surface area (Å²) in [6.07, 6.45) is 1.07. The normalized spacial score (nSPS) is 10.4. The number of H-pyrrole nitrogens is 1. The van der Waals surface area contributed by atoms with Crippen LogP contribution in [0.5, 0.6) is 11.5 Å². The van der Waals surface area contributed by atoms with Crippen molar-refractivity contribution >= 4 is 28.5 Å². The second-order valence-corrected chi connectivity index (χ2v) is 4.92. The minimum atomic E-state index is -0.564. The molecule has 7 heteroatoms. The molecular formula is C16H20N2O5. The predicted molar refractivity (Wildman–Crippen MR) is 86.3 cm³/mol. The summed E-state index contributed by atoms with van der Waals surface area (Å²) in [7, 11) is 4.33. The Morgan fingerprint density at radius 3 is 2.35 bits per heavy atom. The van der Waals surface area contributed by atoms with Gasteiger partial charge in [0.1, 0.15) is 5.69 Å². The number of aromatic nitrogens is 1. The molecule has 0 fully saturated rings. The molecule has 1 aromatic heterocycles. The van der Waals surface area contributed by atoms with Crippen LogP contribution in [0.4, 0.5) is 5.69 Å². The first-order chi connectivity index (χ1) is 11.0. The van der Waals surface area contributed by atoms with Crippen molar-refractivity contribution < 1.29 is 23.8 Å². The van der Waals surface area contributed by atoms with Gasteiger partial charge in [-0.1, -0.05) is 6.92 Å². The molecule has 1 amide bonds. The number of benzene rings is 1. The van der Waals surface area contributed by atoms with E-state index in [1.165, 1.54) is 21.3 Å². The molecule has 0 aliphatic heterocycles. The number of methoxy groups -OCH3 is 3. The zero-order valence-electron chi connectivity index (χ0n) is 13.6. The SMILES string of the molecule is CCCC(=O)Nc1c(C(=O)OC)[nH]c2cc(OC)c(OC)cc12. The predicted octanol–water partition coefficient (Wildman–Crippen LogP) is 2.71. The molecule has 1 heterocycles. The number of anilines is 1. The molecule has 124 valence electrons. The molecule has 0 spiro atoms. The van der Waals surface area contributed by atoms with Crippen LogP contribution in [0.25, 0.3) is 10.9 Å². The summed E-state index contributed by atoms with van der Waals surface area (Å²) >= 11 is 0. The van der Waals surface area contributed by atoms with Gasteiger partial charge in [-0.15, -0.1) is 0 Å². The number of hydrogen-bond acceptors (Lipinski definition) is 5. The summed E-state index contributed by atoms with van der Waals surface area (Å²) in [4.78, 5) is 26.9. The highest BCUT2D eigenvalue weighted by Crippen LogP contribution is 2.37. The maximum atomic E-state index is 12.0. The van der Waals surface area contributed by atoms with Crippen molar-refractivity contribution in [2.45, 2.75) is 19.8 Å². The van der Waals surface area contributed by atoms with Crippen molar-refractivity contribution in [1.82, 2.24) is 4.98 Å². The van der Waals surface area contributed by atoms with Crippen LogP contribution in [0, 0.1) is 0 Å². The maximum absolute atomic E-state index is 12.0. The van der Waals surface area contributed by atoms with Crippen LogP contribution in [-0.2, 0) is 9.53 Å². The van der Waals surface area contributed by atoms with Crippen molar-refractivity contribution in [3.63, 3.8) is 0 Å². The topological polar surface area (TPSA) is 89.7 Å². The quantitative estimate of drug-likeness (QED) is 0.799. The van der Waals surface area contributed by atoms with Crippen LogP contribution in [-0.4, -0.2) is 38.2 Å². The Bertz CT molecular complexity index is 736. The molecule has 2 rings (SSSR count). The second kappa shape index (κ2) is 7.04. The van der Waals surface area contributed by atoms with Crippen molar-refractivity contribution in [3.05, 3.63) is 17.8 Å². The van der Waals surface area contributed by atoms with E-state index in [-0.39, 0.29) is 11.6 Å². The Balaban J connectivity index is 2.63. The molecule has 23 heavy (non-hydrogen) atoms. The molecule has 0 atom stereocenters. The highest BCUT2D eigenvalue weighted by molar-refractivity contribution is 6.11. The number of hydrogen-bond donors (Lipinski definition) is 2. The van der Waals surface area contributed by atoms with Crippen LogP contribution in [0.2, 0.25) is 0 Å². The second-order valence-electron chi connectivity index (χ2n) is 4.92. The monoisotopic (exact) mass is 320 g/mol. The third-order valence-electron chi connectivity index (χ3n) is 3.43. The number of nitrogens with one attached hydrogen (secondary N) is 2. The Kier molecular flexibility index (Phi) is 5.10. The summed E-state index contributed by atoms with van der Waals surface area (Å²) < 4.78 is 15.3. The van der Waals surface area contributed by atoms with E-state index >= 15 is 0 Å². The van der Waals surface area contributed by atoms with Crippen LogP contribution in [0.1, 0.15) is 30.3 Å². The number of esters is 1. The van der Waals surface area contributed by atoms with Gasteiger partial charge < -0.3 is 24.5 Å². The van der Waals surface area contributed by atoms with Gasteiger partial charge in [-0.2, -0.15) is 0 Å². The van der Waals surface area contributed by atoms with Crippen LogP contribution in [0.15, 0.2) is 12.1 Å². The average molecular weight is 320 g/mol. The van der Waals surface area contributed by atoms with Gasteiger partial charge in [0.2, 0.25) is 5.91 Å². The molecule has 0 saturated carbocycles. The van der Waals surface area contributed by atoms with Crippen LogP contribution in [0.3, 0.4) is 0 Å². The lowest BCUT2D eigenvalue weighted by Crippen LogP contribution is -2.14. The minimum Gasteiger partial charge on any atom is -0.493 e. The number of rotatable bonds is 6. The Morgan fingerprint density at radius 1 is 1.13 bits per heavy atom. The molecule has 7 nitrogen and oxygen atoms in total. The standard InChI is InChI=1S/C16H20N2O5/c1-5-6-13(19)18-14-9-7-11(21-2)12(22-3)8-10(9)17-15(14)16(20)23-4/h7-8,17H,5-6H2,1-4H3,(H,18,19).